The van der Waals surface area contributed by atoms with Crippen molar-refractivity contribution in [3.05, 3.63) is 70.8 Å². The van der Waals surface area contributed by atoms with Crippen molar-refractivity contribution < 1.29 is 36.2 Å². The number of hydrogen-bond donors (Lipinski definition) is 2. The molecule has 3 nitrogen and oxygen atoms in total. The molecule has 1 heterocycles. The van der Waals surface area contributed by atoms with Crippen molar-refractivity contribution in [1.29, 1.82) is 0 Å². The zero-order chi connectivity index (χ0) is 20.8. The fraction of sp³-hybridized carbons (Fsp3) is 0.368. The first-order valence-corrected chi connectivity index (χ1v) is 8.36. The first kappa shape index (κ1) is 22.2. The summed E-state index contributed by atoms with van der Waals surface area (Å²) in [5.74, 6) is 0. The zero-order valence-electron chi connectivity index (χ0n) is 14.6. The van der Waals surface area contributed by atoms with Crippen LogP contribution in [0.25, 0.3) is 0 Å². The van der Waals surface area contributed by atoms with E-state index in [4.69, 9.17) is 9.84 Å². The number of benzene rings is 2. The van der Waals surface area contributed by atoms with Gasteiger partial charge in [0.25, 0.3) is 0 Å². The van der Waals surface area contributed by atoms with Crippen molar-refractivity contribution in [2.24, 2.45) is 0 Å². The molecule has 0 aromatic heterocycles. The number of alkyl halides is 6. The predicted molar refractivity (Wildman–Crippen MR) is 90.4 cm³/mol. The van der Waals surface area contributed by atoms with Crippen LogP contribution in [0.2, 0.25) is 0 Å². The first-order chi connectivity index (χ1) is 13.1. The van der Waals surface area contributed by atoms with Crippen molar-refractivity contribution in [1.82, 2.24) is 5.32 Å². The molecule has 1 fully saturated rings. The van der Waals surface area contributed by atoms with E-state index in [1.165, 1.54) is 5.56 Å². The van der Waals surface area contributed by atoms with Crippen molar-refractivity contribution in [2.75, 3.05) is 19.8 Å². The molecule has 28 heavy (non-hydrogen) atoms. The Balaban J connectivity index is 0.000000207. The maximum atomic E-state index is 12.2. The van der Waals surface area contributed by atoms with E-state index < -0.39 is 35.6 Å². The Hall–Kier alpha value is -2.10. The molecule has 1 aliphatic rings. The average molecular weight is 407 g/mol. The maximum Gasteiger partial charge on any atom is 0.416 e. The number of morpholine rings is 1. The van der Waals surface area contributed by atoms with Gasteiger partial charge in [-0.1, -0.05) is 30.3 Å². The van der Waals surface area contributed by atoms with Crippen LogP contribution in [0.3, 0.4) is 0 Å². The van der Waals surface area contributed by atoms with Gasteiger partial charge in [0.2, 0.25) is 0 Å². The summed E-state index contributed by atoms with van der Waals surface area (Å²) in [6.07, 6.45) is -9.74. The van der Waals surface area contributed by atoms with Crippen molar-refractivity contribution >= 4 is 0 Å². The Morgan fingerprint density at radius 2 is 1.50 bits per heavy atom. The SMILES string of the molecule is OCc1cc(C(F)(F)F)cc(C(F)(F)F)c1.c1ccc([C@H]2COCCN2)cc1. The third kappa shape index (κ3) is 6.50. The number of aliphatic hydroxyl groups excluding tert-OH is 1. The van der Waals surface area contributed by atoms with E-state index in [1.54, 1.807) is 0 Å². The minimum atomic E-state index is -4.87. The van der Waals surface area contributed by atoms with E-state index >= 15 is 0 Å². The summed E-state index contributed by atoms with van der Waals surface area (Å²) in [4.78, 5) is 0. The molecular weight excluding hydrogens is 388 g/mol. The molecule has 0 amide bonds. The molecule has 2 N–H and O–H groups in total. The summed E-state index contributed by atoms with van der Waals surface area (Å²) in [5, 5.41) is 12.0. The van der Waals surface area contributed by atoms with Crippen LogP contribution in [-0.4, -0.2) is 24.9 Å². The second-order valence-electron chi connectivity index (χ2n) is 6.06. The van der Waals surface area contributed by atoms with Gasteiger partial charge < -0.3 is 15.2 Å². The van der Waals surface area contributed by atoms with Crippen LogP contribution >= 0.6 is 0 Å². The van der Waals surface area contributed by atoms with Gasteiger partial charge in [0, 0.05) is 6.54 Å². The molecule has 1 saturated heterocycles. The van der Waals surface area contributed by atoms with Crippen LogP contribution < -0.4 is 5.32 Å². The number of aliphatic hydroxyl groups is 1. The fourth-order valence-corrected chi connectivity index (χ4v) is 2.58. The van der Waals surface area contributed by atoms with E-state index in [0.29, 0.717) is 18.2 Å². The smallest absolute Gasteiger partial charge is 0.392 e. The van der Waals surface area contributed by atoms with Gasteiger partial charge in [-0.25, -0.2) is 0 Å². The molecule has 0 aliphatic carbocycles. The van der Waals surface area contributed by atoms with E-state index in [1.807, 2.05) is 6.07 Å². The highest BCUT2D eigenvalue weighted by atomic mass is 19.4. The Morgan fingerprint density at radius 1 is 0.929 bits per heavy atom. The van der Waals surface area contributed by atoms with Crippen molar-refractivity contribution in [2.45, 2.75) is 25.0 Å². The van der Waals surface area contributed by atoms with Gasteiger partial charge in [-0.05, 0) is 29.3 Å². The van der Waals surface area contributed by atoms with Gasteiger partial charge in [0.1, 0.15) is 0 Å². The Bertz CT molecular complexity index is 708. The third-order valence-electron chi connectivity index (χ3n) is 3.95. The zero-order valence-corrected chi connectivity index (χ0v) is 14.6. The summed E-state index contributed by atoms with van der Waals surface area (Å²) < 4.78 is 78.7. The Kier molecular flexibility index (Phi) is 7.45. The molecule has 2 aromatic rings. The number of nitrogens with one attached hydrogen (secondary N) is 1. The number of ether oxygens (including phenoxy) is 1. The number of halogens is 6. The van der Waals surface area contributed by atoms with Gasteiger partial charge in [-0.3, -0.25) is 0 Å². The first-order valence-electron chi connectivity index (χ1n) is 8.36. The summed E-state index contributed by atoms with van der Waals surface area (Å²) in [7, 11) is 0. The summed E-state index contributed by atoms with van der Waals surface area (Å²) >= 11 is 0. The van der Waals surface area contributed by atoms with Crippen LogP contribution in [0.1, 0.15) is 28.3 Å². The van der Waals surface area contributed by atoms with Crippen molar-refractivity contribution in [3.63, 3.8) is 0 Å². The van der Waals surface area contributed by atoms with Crippen LogP contribution in [0.5, 0.6) is 0 Å². The third-order valence-corrected chi connectivity index (χ3v) is 3.95. The van der Waals surface area contributed by atoms with Gasteiger partial charge in [-0.15, -0.1) is 0 Å². The molecular formula is C19H19F6NO2. The maximum absolute atomic E-state index is 12.2. The minimum absolute atomic E-state index is 0.0131. The van der Waals surface area contributed by atoms with Crippen molar-refractivity contribution in [3.8, 4) is 0 Å². The van der Waals surface area contributed by atoms with E-state index in [2.05, 4.69) is 29.6 Å². The van der Waals surface area contributed by atoms with Gasteiger partial charge in [0.15, 0.2) is 0 Å². The normalized spacial score (nSPS) is 17.6. The van der Waals surface area contributed by atoms with Gasteiger partial charge in [0.05, 0.1) is 37.0 Å². The molecule has 0 radical (unpaired) electrons. The molecule has 0 bridgehead atoms. The molecule has 9 heteroatoms. The molecule has 1 aliphatic heterocycles. The summed E-state index contributed by atoms with van der Waals surface area (Å²) in [6, 6.07) is 11.8. The second-order valence-corrected chi connectivity index (χ2v) is 6.06. The quantitative estimate of drug-likeness (QED) is 0.717. The lowest BCUT2D eigenvalue weighted by Gasteiger charge is -2.23. The highest BCUT2D eigenvalue weighted by molar-refractivity contribution is 5.33. The minimum Gasteiger partial charge on any atom is -0.392 e. The molecule has 0 saturated carbocycles. The van der Waals surface area contributed by atoms with Crippen LogP contribution in [-0.2, 0) is 23.7 Å². The lowest BCUT2D eigenvalue weighted by Crippen LogP contribution is -2.34. The van der Waals surface area contributed by atoms with Crippen LogP contribution in [0, 0.1) is 0 Å². The van der Waals surface area contributed by atoms with Gasteiger partial charge >= 0.3 is 12.4 Å². The largest absolute Gasteiger partial charge is 0.416 e. The van der Waals surface area contributed by atoms with E-state index in [-0.39, 0.29) is 6.07 Å². The standard InChI is InChI=1S/C10H13NO.C9H6F6O/c1-2-4-9(5-3-1)10-8-12-7-6-11-10;10-8(11,12)6-1-5(4-16)2-7(3-6)9(13,14)15/h1-5,10-11H,6-8H2;1-3,16H,4H2/t10-;/m1./s1. The highest BCUT2D eigenvalue weighted by Crippen LogP contribution is 2.36. The molecule has 0 spiro atoms. The number of hydrogen-bond acceptors (Lipinski definition) is 3. The second kappa shape index (κ2) is 9.40. The lowest BCUT2D eigenvalue weighted by atomic mass is 10.1. The van der Waals surface area contributed by atoms with E-state index in [9.17, 15) is 26.3 Å². The Morgan fingerprint density at radius 3 is 1.93 bits per heavy atom. The molecule has 154 valence electrons. The number of rotatable bonds is 2. The molecule has 2 aromatic carbocycles. The molecule has 1 atom stereocenters. The fourth-order valence-electron chi connectivity index (χ4n) is 2.58. The molecule has 0 unspecified atom stereocenters. The molecule has 3 rings (SSSR count). The lowest BCUT2D eigenvalue weighted by molar-refractivity contribution is -0.143. The predicted octanol–water partition coefficient (Wildman–Crippen LogP) is 4.56. The van der Waals surface area contributed by atoms with Gasteiger partial charge in [-0.2, -0.15) is 26.3 Å². The Labute approximate surface area is 157 Å². The topological polar surface area (TPSA) is 41.5 Å². The summed E-state index contributed by atoms with van der Waals surface area (Å²) in [6.45, 7) is 1.71. The monoisotopic (exact) mass is 407 g/mol. The van der Waals surface area contributed by atoms with Crippen LogP contribution in [0.4, 0.5) is 26.3 Å². The summed E-state index contributed by atoms with van der Waals surface area (Å²) in [5.41, 5.74) is -1.96. The van der Waals surface area contributed by atoms with Crippen LogP contribution in [0.15, 0.2) is 48.5 Å². The van der Waals surface area contributed by atoms with E-state index in [0.717, 1.165) is 19.8 Å². The highest BCUT2D eigenvalue weighted by Gasteiger charge is 2.36. The average Bonchev–Trinajstić information content (AvgIpc) is 2.68.